The van der Waals surface area contributed by atoms with Gasteiger partial charge in [0.05, 0.1) is 5.02 Å². The number of aromatic hydroxyl groups is 1. The predicted molar refractivity (Wildman–Crippen MR) is 127 cm³/mol. The summed E-state index contributed by atoms with van der Waals surface area (Å²) in [6.45, 7) is 0. The molecule has 31 heavy (non-hydrogen) atoms. The summed E-state index contributed by atoms with van der Waals surface area (Å²) in [6, 6.07) is 9.30. The lowest BCUT2D eigenvalue weighted by Crippen LogP contribution is -2.14. The standard InChI is InChI=1S/C24H28ClN3O2S/c25-21-11-10-18(15-22(21)29)8-5-3-1-2-4-6-13-31-24-27-17-20(23(30)28-24)14-19-9-7-12-26-16-19/h7,9-12,15-17,29H,1-6,8,13-14H2,(H,27,28,30). The van der Waals surface area contributed by atoms with Gasteiger partial charge in [0.2, 0.25) is 0 Å². The molecule has 0 aliphatic heterocycles. The van der Waals surface area contributed by atoms with Crippen LogP contribution in [0.4, 0.5) is 0 Å². The zero-order chi connectivity index (χ0) is 21.9. The summed E-state index contributed by atoms with van der Waals surface area (Å²) in [7, 11) is 0. The molecule has 0 saturated carbocycles. The number of phenols is 1. The average molecular weight is 458 g/mol. The molecule has 3 rings (SSSR count). The number of hydrogen-bond donors (Lipinski definition) is 2. The van der Waals surface area contributed by atoms with E-state index < -0.39 is 0 Å². The van der Waals surface area contributed by atoms with Crippen LogP contribution in [0.5, 0.6) is 5.75 Å². The lowest BCUT2D eigenvalue weighted by atomic mass is 10.0. The van der Waals surface area contributed by atoms with Crippen molar-refractivity contribution in [3.63, 3.8) is 0 Å². The molecule has 0 atom stereocenters. The van der Waals surface area contributed by atoms with E-state index in [4.69, 9.17) is 11.6 Å². The minimum absolute atomic E-state index is 0.0737. The Bertz CT molecular complexity index is 1010. The van der Waals surface area contributed by atoms with Crippen LogP contribution in [0.1, 0.15) is 55.2 Å². The third-order valence-corrected chi connectivity index (χ3v) is 6.37. The second-order valence-electron chi connectivity index (χ2n) is 7.59. The smallest absolute Gasteiger partial charge is 0.255 e. The number of thioether (sulfide) groups is 1. The number of nitrogens with one attached hydrogen (secondary N) is 1. The van der Waals surface area contributed by atoms with Gasteiger partial charge in [0, 0.05) is 36.3 Å². The first-order valence-corrected chi connectivity index (χ1v) is 12.1. The molecule has 0 amide bonds. The van der Waals surface area contributed by atoms with E-state index in [-0.39, 0.29) is 11.3 Å². The minimum atomic E-state index is -0.0737. The number of aromatic amines is 1. The number of H-pyrrole nitrogens is 1. The van der Waals surface area contributed by atoms with Gasteiger partial charge in [-0.25, -0.2) is 4.98 Å². The molecule has 0 radical (unpaired) electrons. The van der Waals surface area contributed by atoms with Gasteiger partial charge in [-0.15, -0.1) is 0 Å². The van der Waals surface area contributed by atoms with Crippen molar-refractivity contribution in [2.45, 2.75) is 56.5 Å². The molecule has 5 nitrogen and oxygen atoms in total. The lowest BCUT2D eigenvalue weighted by molar-refractivity contribution is 0.474. The summed E-state index contributed by atoms with van der Waals surface area (Å²) in [6.07, 6.45) is 13.7. The highest BCUT2D eigenvalue weighted by atomic mass is 35.5. The number of halogens is 1. The molecule has 0 aliphatic rings. The van der Waals surface area contributed by atoms with Gasteiger partial charge >= 0.3 is 0 Å². The molecule has 1 aromatic carbocycles. The fourth-order valence-electron chi connectivity index (χ4n) is 3.35. The molecule has 2 heterocycles. The SMILES string of the molecule is O=c1[nH]c(SCCCCCCCCc2ccc(Cl)c(O)c2)ncc1Cc1cccnc1. The Morgan fingerprint density at radius 3 is 2.55 bits per heavy atom. The Kier molecular flexibility index (Phi) is 9.43. The van der Waals surface area contributed by atoms with Crippen molar-refractivity contribution >= 4 is 23.4 Å². The summed E-state index contributed by atoms with van der Waals surface area (Å²) in [4.78, 5) is 23.6. The number of aromatic nitrogens is 3. The Hall–Kier alpha value is -2.31. The van der Waals surface area contributed by atoms with E-state index in [9.17, 15) is 9.90 Å². The maximum Gasteiger partial charge on any atom is 0.255 e. The van der Waals surface area contributed by atoms with Crippen molar-refractivity contribution in [3.8, 4) is 5.75 Å². The summed E-state index contributed by atoms with van der Waals surface area (Å²) in [5.74, 6) is 1.12. The van der Waals surface area contributed by atoms with Crippen LogP contribution in [0, 0.1) is 0 Å². The van der Waals surface area contributed by atoms with Gasteiger partial charge in [0.1, 0.15) is 5.75 Å². The van der Waals surface area contributed by atoms with Crippen molar-refractivity contribution in [2.24, 2.45) is 0 Å². The molecule has 0 saturated heterocycles. The van der Waals surface area contributed by atoms with Crippen LogP contribution in [0.25, 0.3) is 0 Å². The van der Waals surface area contributed by atoms with E-state index in [2.05, 4.69) is 15.0 Å². The Balaban J connectivity index is 1.26. The van der Waals surface area contributed by atoms with E-state index in [1.165, 1.54) is 25.7 Å². The number of phenolic OH excluding ortho intramolecular Hbond substituents is 1. The number of nitrogens with zero attached hydrogens (tertiary/aromatic N) is 2. The topological polar surface area (TPSA) is 78.9 Å². The maximum absolute atomic E-state index is 12.3. The second-order valence-corrected chi connectivity index (χ2v) is 9.08. The van der Waals surface area contributed by atoms with Crippen LogP contribution < -0.4 is 5.56 Å². The molecule has 2 aromatic heterocycles. The van der Waals surface area contributed by atoms with Gasteiger partial charge in [-0.3, -0.25) is 9.78 Å². The van der Waals surface area contributed by atoms with Crippen molar-refractivity contribution in [1.82, 2.24) is 15.0 Å². The zero-order valence-corrected chi connectivity index (χ0v) is 19.1. The fourth-order valence-corrected chi connectivity index (χ4v) is 4.30. The van der Waals surface area contributed by atoms with Crippen molar-refractivity contribution in [1.29, 1.82) is 0 Å². The van der Waals surface area contributed by atoms with Crippen LogP contribution in [0.15, 0.2) is 58.9 Å². The van der Waals surface area contributed by atoms with Crippen molar-refractivity contribution in [3.05, 3.63) is 81.0 Å². The summed E-state index contributed by atoms with van der Waals surface area (Å²) in [5, 5.41) is 10.7. The van der Waals surface area contributed by atoms with Gasteiger partial charge < -0.3 is 10.1 Å². The average Bonchev–Trinajstić information content (AvgIpc) is 2.77. The first-order valence-electron chi connectivity index (χ1n) is 10.7. The van der Waals surface area contributed by atoms with Crippen LogP contribution in [-0.4, -0.2) is 25.8 Å². The van der Waals surface area contributed by atoms with Gasteiger partial charge in [-0.2, -0.15) is 0 Å². The number of benzene rings is 1. The number of hydrogen-bond acceptors (Lipinski definition) is 5. The van der Waals surface area contributed by atoms with Crippen LogP contribution in [0.3, 0.4) is 0 Å². The summed E-state index contributed by atoms with van der Waals surface area (Å²) < 4.78 is 0. The zero-order valence-electron chi connectivity index (χ0n) is 17.5. The lowest BCUT2D eigenvalue weighted by Gasteiger charge is -2.05. The largest absolute Gasteiger partial charge is 0.506 e. The van der Waals surface area contributed by atoms with Crippen LogP contribution >= 0.6 is 23.4 Å². The first-order chi connectivity index (χ1) is 15.1. The minimum Gasteiger partial charge on any atom is -0.506 e. The second kappa shape index (κ2) is 12.5. The first kappa shape index (κ1) is 23.4. The highest BCUT2D eigenvalue weighted by molar-refractivity contribution is 7.99. The molecule has 0 fully saturated rings. The van der Waals surface area contributed by atoms with Gasteiger partial charge in [0.25, 0.3) is 5.56 Å². The Morgan fingerprint density at radius 1 is 1.00 bits per heavy atom. The molecule has 0 aliphatic carbocycles. The van der Waals surface area contributed by atoms with Gasteiger partial charge in [-0.05, 0) is 48.6 Å². The number of aryl methyl sites for hydroxylation is 1. The third-order valence-electron chi connectivity index (χ3n) is 5.08. The van der Waals surface area contributed by atoms with E-state index in [1.54, 1.807) is 42.5 Å². The van der Waals surface area contributed by atoms with Crippen molar-refractivity contribution in [2.75, 3.05) is 5.75 Å². The third kappa shape index (κ3) is 8.04. The molecule has 0 bridgehead atoms. The van der Waals surface area contributed by atoms with E-state index >= 15 is 0 Å². The molecule has 164 valence electrons. The summed E-state index contributed by atoms with van der Waals surface area (Å²) >= 11 is 7.44. The molecule has 2 N–H and O–H groups in total. The Labute approximate surface area is 192 Å². The molecular weight excluding hydrogens is 430 g/mol. The fraction of sp³-hybridized carbons (Fsp3) is 0.375. The quantitative estimate of drug-likeness (QED) is 0.204. The number of unbranched alkanes of at least 4 members (excludes halogenated alkanes) is 5. The van der Waals surface area contributed by atoms with Gasteiger partial charge in [-0.1, -0.05) is 61.2 Å². The van der Waals surface area contributed by atoms with Crippen molar-refractivity contribution < 1.29 is 5.11 Å². The van der Waals surface area contributed by atoms with Gasteiger partial charge in [0.15, 0.2) is 5.16 Å². The molecule has 7 heteroatoms. The highest BCUT2D eigenvalue weighted by Crippen LogP contribution is 2.24. The van der Waals surface area contributed by atoms with Crippen LogP contribution in [0.2, 0.25) is 5.02 Å². The normalized spacial score (nSPS) is 11.0. The molecule has 0 unspecified atom stereocenters. The Morgan fingerprint density at radius 2 is 1.81 bits per heavy atom. The van der Waals surface area contributed by atoms with E-state index in [1.807, 2.05) is 18.2 Å². The van der Waals surface area contributed by atoms with Crippen LogP contribution in [-0.2, 0) is 12.8 Å². The highest BCUT2D eigenvalue weighted by Gasteiger charge is 2.05. The maximum atomic E-state index is 12.3. The molecule has 0 spiro atoms. The van der Waals surface area contributed by atoms with E-state index in [0.29, 0.717) is 22.2 Å². The molecule has 3 aromatic rings. The monoisotopic (exact) mass is 457 g/mol. The van der Waals surface area contributed by atoms with E-state index in [0.717, 1.165) is 36.1 Å². The number of rotatable bonds is 12. The predicted octanol–water partition coefficient (Wildman–Crippen LogP) is 5.79. The number of pyridine rings is 1. The molecular formula is C24H28ClN3O2S. The summed E-state index contributed by atoms with van der Waals surface area (Å²) in [5.41, 5.74) is 2.72.